The lowest BCUT2D eigenvalue weighted by atomic mass is 9.83. The third-order valence-electron chi connectivity index (χ3n) is 10.4. The lowest BCUT2D eigenvalue weighted by Crippen LogP contribution is -2.55. The van der Waals surface area contributed by atoms with Crippen molar-refractivity contribution in [3.8, 4) is 0 Å². The SMILES string of the molecule is O=C1CCC(N2Cc3cc(N4CCC(CN5CCC(CC6CCNCC6)CC5)CC4)ccc3C2=O)C(=O)N1OC(=O)C(F)(F)F. The number of hydrogen-bond acceptors (Lipinski definition) is 8. The van der Waals surface area contributed by atoms with Gasteiger partial charge in [-0.15, -0.1) is 5.06 Å². The maximum Gasteiger partial charge on any atom is 0.493 e. The number of carbonyl (C=O) groups excluding carboxylic acids is 4. The van der Waals surface area contributed by atoms with Gasteiger partial charge < -0.3 is 24.9 Å². The van der Waals surface area contributed by atoms with Crippen molar-refractivity contribution in [2.24, 2.45) is 17.8 Å². The number of hydrogen-bond donors (Lipinski definition) is 1. The van der Waals surface area contributed by atoms with Gasteiger partial charge in [-0.1, -0.05) is 0 Å². The molecule has 0 aliphatic carbocycles. The van der Waals surface area contributed by atoms with E-state index in [1.807, 2.05) is 12.1 Å². The molecule has 5 aliphatic heterocycles. The number of hydroxylamine groups is 2. The van der Waals surface area contributed by atoms with Crippen LogP contribution in [0.25, 0.3) is 0 Å². The van der Waals surface area contributed by atoms with Crippen molar-refractivity contribution in [3.63, 3.8) is 0 Å². The molecule has 5 aliphatic rings. The Balaban J connectivity index is 0.992. The van der Waals surface area contributed by atoms with Gasteiger partial charge >= 0.3 is 12.1 Å². The molecule has 10 nitrogen and oxygen atoms in total. The first-order valence-electron chi connectivity index (χ1n) is 16.3. The van der Waals surface area contributed by atoms with Gasteiger partial charge in [0.1, 0.15) is 6.04 Å². The van der Waals surface area contributed by atoms with E-state index in [4.69, 9.17) is 0 Å². The molecule has 4 saturated heterocycles. The molecule has 0 saturated carbocycles. The number of carbonyl (C=O) groups is 4. The Morgan fingerprint density at radius 2 is 1.56 bits per heavy atom. The van der Waals surface area contributed by atoms with E-state index in [1.54, 1.807) is 6.07 Å². The third-order valence-corrected chi connectivity index (χ3v) is 10.4. The van der Waals surface area contributed by atoms with E-state index in [9.17, 15) is 32.3 Å². The van der Waals surface area contributed by atoms with Gasteiger partial charge in [-0.2, -0.15) is 13.2 Å². The summed E-state index contributed by atoms with van der Waals surface area (Å²) in [6.07, 6.45) is 3.08. The summed E-state index contributed by atoms with van der Waals surface area (Å²) in [4.78, 5) is 59.8. The predicted octanol–water partition coefficient (Wildman–Crippen LogP) is 3.50. The zero-order valence-electron chi connectivity index (χ0n) is 25.5. The summed E-state index contributed by atoms with van der Waals surface area (Å²) >= 11 is 0. The number of imide groups is 1. The lowest BCUT2D eigenvalue weighted by Gasteiger charge is -2.39. The van der Waals surface area contributed by atoms with Gasteiger partial charge in [-0.25, -0.2) is 4.79 Å². The van der Waals surface area contributed by atoms with Crippen LogP contribution in [0.15, 0.2) is 18.2 Å². The van der Waals surface area contributed by atoms with Crippen LogP contribution in [0.4, 0.5) is 18.9 Å². The summed E-state index contributed by atoms with van der Waals surface area (Å²) in [5.74, 6) is -2.89. The summed E-state index contributed by atoms with van der Waals surface area (Å²) in [5, 5.41) is 3.32. The fraction of sp³-hybridized carbons (Fsp3) is 0.688. The summed E-state index contributed by atoms with van der Waals surface area (Å²) in [7, 11) is 0. The van der Waals surface area contributed by atoms with Gasteiger partial charge in [0.05, 0.1) is 0 Å². The largest absolute Gasteiger partial charge is 0.493 e. The number of nitrogens with zero attached hydrogens (tertiary/aromatic N) is 4. The van der Waals surface area contributed by atoms with Crippen LogP contribution in [-0.4, -0.2) is 96.6 Å². The molecule has 0 spiro atoms. The maximum absolute atomic E-state index is 13.2. The highest BCUT2D eigenvalue weighted by Gasteiger charge is 2.49. The molecule has 1 atom stereocenters. The second-order valence-electron chi connectivity index (χ2n) is 13.3. The average Bonchev–Trinajstić information content (AvgIpc) is 3.35. The smallest absolute Gasteiger partial charge is 0.372 e. The number of benzene rings is 1. The Labute approximate surface area is 261 Å². The number of alkyl halides is 3. The van der Waals surface area contributed by atoms with Crippen molar-refractivity contribution < 1.29 is 37.2 Å². The van der Waals surface area contributed by atoms with E-state index >= 15 is 0 Å². The molecule has 45 heavy (non-hydrogen) atoms. The quantitative estimate of drug-likeness (QED) is 0.456. The highest BCUT2D eigenvalue weighted by Crippen LogP contribution is 2.34. The molecule has 1 N–H and O–H groups in total. The molecule has 6 rings (SSSR count). The number of amides is 3. The number of rotatable bonds is 7. The van der Waals surface area contributed by atoms with Gasteiger partial charge in [0.25, 0.3) is 17.7 Å². The first kappa shape index (κ1) is 31.8. The number of piperidine rings is 4. The molecule has 246 valence electrons. The summed E-state index contributed by atoms with van der Waals surface area (Å²) in [5.41, 5.74) is 2.13. The second-order valence-corrected chi connectivity index (χ2v) is 13.3. The Hall–Kier alpha value is -3.19. The van der Waals surface area contributed by atoms with Gasteiger partial charge in [-0.05, 0) is 119 Å². The molecule has 5 heterocycles. The topological polar surface area (TPSA) is 102 Å². The molecule has 1 unspecified atom stereocenters. The summed E-state index contributed by atoms with van der Waals surface area (Å²) in [6, 6.07) is 4.36. The predicted molar refractivity (Wildman–Crippen MR) is 158 cm³/mol. The van der Waals surface area contributed by atoms with Crippen LogP contribution in [0.3, 0.4) is 0 Å². The average molecular weight is 634 g/mol. The van der Waals surface area contributed by atoms with Crippen LogP contribution in [0, 0.1) is 17.8 Å². The van der Waals surface area contributed by atoms with Crippen LogP contribution in [-0.2, 0) is 25.8 Å². The molecule has 1 aromatic carbocycles. The van der Waals surface area contributed by atoms with E-state index in [2.05, 4.69) is 20.0 Å². The van der Waals surface area contributed by atoms with E-state index in [1.165, 1.54) is 63.2 Å². The number of fused-ring (bicyclic) bond motifs is 1. The van der Waals surface area contributed by atoms with Gasteiger partial charge in [0.15, 0.2) is 0 Å². The Morgan fingerprint density at radius 3 is 2.24 bits per heavy atom. The van der Waals surface area contributed by atoms with Crippen LogP contribution in [0.1, 0.15) is 73.7 Å². The minimum Gasteiger partial charge on any atom is -0.372 e. The number of likely N-dealkylation sites (tertiary alicyclic amines) is 1. The molecule has 3 amide bonds. The Bertz CT molecular complexity index is 1290. The molecule has 1 aromatic rings. The minimum absolute atomic E-state index is 0.0618. The standard InChI is InChI=1S/C32H42F3N5O5/c33-32(34,35)31(44)45-40-28(41)4-3-27(30(40)43)39-20-24-18-25(1-2-26(24)29(39)42)38-15-9-23(10-16-38)19-37-13-7-22(8-14-37)17-21-5-11-36-12-6-21/h1-2,18,21-23,27,36H,3-17,19-20H2. The van der Waals surface area contributed by atoms with Crippen molar-refractivity contribution in [1.29, 1.82) is 0 Å². The van der Waals surface area contributed by atoms with Gasteiger partial charge in [0, 0.05) is 43.9 Å². The molecular formula is C32H42F3N5O5. The highest BCUT2D eigenvalue weighted by atomic mass is 19.4. The lowest BCUT2D eigenvalue weighted by molar-refractivity contribution is -0.238. The fourth-order valence-electron chi connectivity index (χ4n) is 7.77. The second kappa shape index (κ2) is 13.3. The molecule has 0 aromatic heterocycles. The van der Waals surface area contributed by atoms with E-state index in [0.29, 0.717) is 11.5 Å². The highest BCUT2D eigenvalue weighted by molar-refractivity contribution is 6.05. The first-order valence-corrected chi connectivity index (χ1v) is 16.3. The summed E-state index contributed by atoms with van der Waals surface area (Å²) in [6.45, 7) is 7.80. The normalized spacial score (nSPS) is 24.8. The monoisotopic (exact) mass is 633 g/mol. The van der Waals surface area contributed by atoms with Crippen molar-refractivity contribution >= 4 is 29.4 Å². The third kappa shape index (κ3) is 7.14. The van der Waals surface area contributed by atoms with Gasteiger partial charge in [0.2, 0.25) is 0 Å². The van der Waals surface area contributed by atoms with Crippen LogP contribution in [0.5, 0.6) is 0 Å². The molecule has 4 fully saturated rings. The van der Waals surface area contributed by atoms with Crippen LogP contribution >= 0.6 is 0 Å². The minimum atomic E-state index is -5.37. The van der Waals surface area contributed by atoms with Crippen molar-refractivity contribution in [1.82, 2.24) is 20.2 Å². The van der Waals surface area contributed by atoms with Crippen molar-refractivity contribution in [2.45, 2.75) is 76.6 Å². The molecule has 0 bridgehead atoms. The van der Waals surface area contributed by atoms with Crippen molar-refractivity contribution in [2.75, 3.05) is 50.7 Å². The number of nitrogens with one attached hydrogen (secondary N) is 1. The zero-order valence-corrected chi connectivity index (χ0v) is 25.5. The number of halogens is 3. The van der Waals surface area contributed by atoms with E-state index in [0.717, 1.165) is 55.6 Å². The maximum atomic E-state index is 13.2. The van der Waals surface area contributed by atoms with Crippen LogP contribution in [0.2, 0.25) is 0 Å². The first-order chi connectivity index (χ1) is 21.6. The van der Waals surface area contributed by atoms with E-state index in [-0.39, 0.29) is 24.4 Å². The Kier molecular flexibility index (Phi) is 9.37. The Morgan fingerprint density at radius 1 is 0.889 bits per heavy atom. The number of anilines is 1. The van der Waals surface area contributed by atoms with Crippen LogP contribution < -0.4 is 10.2 Å². The molecule has 13 heteroatoms. The molecule has 0 radical (unpaired) electrons. The van der Waals surface area contributed by atoms with Crippen molar-refractivity contribution in [3.05, 3.63) is 29.3 Å². The fourth-order valence-corrected chi connectivity index (χ4v) is 7.77. The zero-order chi connectivity index (χ0) is 31.7. The molecular weight excluding hydrogens is 591 g/mol. The van der Waals surface area contributed by atoms with E-state index < -0.39 is 35.9 Å². The summed E-state index contributed by atoms with van der Waals surface area (Å²) < 4.78 is 38.1. The van der Waals surface area contributed by atoms with Gasteiger partial charge in [-0.3, -0.25) is 14.4 Å².